The van der Waals surface area contributed by atoms with E-state index in [2.05, 4.69) is 15.5 Å². The van der Waals surface area contributed by atoms with Gasteiger partial charge in [-0.25, -0.2) is 4.79 Å². The van der Waals surface area contributed by atoms with Crippen LogP contribution in [0.4, 0.5) is 4.79 Å². The Kier molecular flexibility index (Phi) is 9.28. The van der Waals surface area contributed by atoms with E-state index < -0.39 is 23.6 Å². The van der Waals surface area contributed by atoms with Crippen LogP contribution < -0.4 is 16.8 Å². The number of pyridine rings is 1. The molecule has 0 unspecified atom stereocenters. The minimum Gasteiger partial charge on any atom is -0.443 e. The second-order valence-electron chi connectivity index (χ2n) is 9.17. The third kappa shape index (κ3) is 7.56. The monoisotopic (exact) mass is 511 g/mol. The van der Waals surface area contributed by atoms with E-state index in [-0.39, 0.29) is 32.1 Å². The van der Waals surface area contributed by atoms with Crippen LogP contribution in [0.3, 0.4) is 0 Å². The van der Waals surface area contributed by atoms with Gasteiger partial charge >= 0.3 is 6.09 Å². The molecule has 0 aliphatic carbocycles. The zero-order valence-electron chi connectivity index (χ0n) is 21.2. The first-order valence-corrected chi connectivity index (χ1v) is 11.7. The summed E-state index contributed by atoms with van der Waals surface area (Å²) in [5.74, 6) is -0.300. The van der Waals surface area contributed by atoms with Gasteiger partial charge < -0.3 is 31.2 Å². The number of Topliss-reactive ketones (excluding diaryl/α,β-unsaturated/α-hetero) is 1. The zero-order chi connectivity index (χ0) is 27.0. The lowest BCUT2D eigenvalue weighted by molar-refractivity contribution is -0.126. The summed E-state index contributed by atoms with van der Waals surface area (Å²) in [5, 5.41) is 11.4. The maximum absolute atomic E-state index is 12.8. The standard InChI is InChI=1S/C25H33N7O5/c1-25(2,27)23(34)28-20(16-36-14-17-8-5-4-6-9-17)22-30-29-21-11-7-10-18(32(21)22)15-37-24(35)31(3)13-19(33)12-26/h4-11,20H,12-16,26-27H2,1-3H3,(H,28,34)/t20-/m1/s1. The Bertz CT molecular complexity index is 1220. The summed E-state index contributed by atoms with van der Waals surface area (Å²) in [5.41, 5.74) is 12.2. The maximum Gasteiger partial charge on any atom is 0.410 e. The molecule has 1 atom stereocenters. The normalized spacial score (nSPS) is 12.2. The van der Waals surface area contributed by atoms with Crippen LogP contribution in [0, 0.1) is 0 Å². The minimum atomic E-state index is -1.14. The van der Waals surface area contributed by atoms with Crippen LogP contribution in [-0.2, 0) is 32.3 Å². The molecule has 1 aromatic carbocycles. The number of hydrogen-bond acceptors (Lipinski definition) is 9. The van der Waals surface area contributed by atoms with Crippen molar-refractivity contribution in [3.8, 4) is 0 Å². The number of fused-ring (bicyclic) bond motifs is 1. The number of nitrogens with one attached hydrogen (secondary N) is 1. The van der Waals surface area contributed by atoms with Crippen molar-refractivity contribution in [1.82, 2.24) is 24.8 Å². The Morgan fingerprint density at radius 3 is 2.49 bits per heavy atom. The molecule has 37 heavy (non-hydrogen) atoms. The van der Waals surface area contributed by atoms with E-state index in [0.717, 1.165) is 10.5 Å². The van der Waals surface area contributed by atoms with Gasteiger partial charge in [0.2, 0.25) is 5.91 Å². The first-order chi connectivity index (χ1) is 17.6. The van der Waals surface area contributed by atoms with E-state index in [0.29, 0.717) is 23.8 Å². The predicted octanol–water partition coefficient (Wildman–Crippen LogP) is 0.937. The molecular formula is C25H33N7O5. The maximum atomic E-state index is 12.8. The largest absolute Gasteiger partial charge is 0.443 e. The van der Waals surface area contributed by atoms with Gasteiger partial charge in [-0.2, -0.15) is 0 Å². The number of carbonyl (C=O) groups is 3. The van der Waals surface area contributed by atoms with E-state index in [4.69, 9.17) is 20.9 Å². The quantitative estimate of drug-likeness (QED) is 0.320. The minimum absolute atomic E-state index is 0.0928. The predicted molar refractivity (Wildman–Crippen MR) is 135 cm³/mol. The molecule has 198 valence electrons. The zero-order valence-corrected chi connectivity index (χ0v) is 21.2. The molecule has 0 fully saturated rings. The van der Waals surface area contributed by atoms with Crippen molar-refractivity contribution in [2.45, 2.75) is 38.6 Å². The number of amides is 2. The molecule has 2 amide bonds. The van der Waals surface area contributed by atoms with Gasteiger partial charge in [0.05, 0.1) is 37.5 Å². The molecular weight excluding hydrogens is 478 g/mol. The van der Waals surface area contributed by atoms with Crippen LogP contribution >= 0.6 is 0 Å². The average molecular weight is 512 g/mol. The highest BCUT2D eigenvalue weighted by Gasteiger charge is 2.28. The van der Waals surface area contributed by atoms with Gasteiger partial charge in [0.15, 0.2) is 17.3 Å². The lowest BCUT2D eigenvalue weighted by Crippen LogP contribution is -2.51. The van der Waals surface area contributed by atoms with E-state index in [9.17, 15) is 14.4 Å². The van der Waals surface area contributed by atoms with Gasteiger partial charge in [0, 0.05) is 7.05 Å². The molecule has 0 spiro atoms. The van der Waals surface area contributed by atoms with Gasteiger partial charge in [-0.15, -0.1) is 10.2 Å². The van der Waals surface area contributed by atoms with Crippen LogP contribution in [0.15, 0.2) is 48.5 Å². The second kappa shape index (κ2) is 12.4. The Hall–Kier alpha value is -3.87. The summed E-state index contributed by atoms with van der Waals surface area (Å²) in [6.45, 7) is 3.17. The van der Waals surface area contributed by atoms with E-state index >= 15 is 0 Å². The van der Waals surface area contributed by atoms with E-state index in [1.54, 1.807) is 36.4 Å². The lowest BCUT2D eigenvalue weighted by Gasteiger charge is -2.24. The number of ether oxygens (including phenoxy) is 2. The molecule has 3 aromatic rings. The van der Waals surface area contributed by atoms with Crippen molar-refractivity contribution >= 4 is 23.4 Å². The molecule has 0 aliphatic heterocycles. The first-order valence-electron chi connectivity index (χ1n) is 11.7. The number of benzene rings is 1. The van der Waals surface area contributed by atoms with Crippen LogP contribution in [0.25, 0.3) is 5.65 Å². The fourth-order valence-corrected chi connectivity index (χ4v) is 3.40. The number of carbonyl (C=O) groups excluding carboxylic acids is 3. The van der Waals surface area contributed by atoms with Crippen molar-refractivity contribution in [3.05, 3.63) is 65.6 Å². The number of nitrogens with zero attached hydrogens (tertiary/aromatic N) is 4. The third-order valence-corrected chi connectivity index (χ3v) is 5.43. The van der Waals surface area contributed by atoms with Gasteiger partial charge in [0.25, 0.3) is 0 Å². The number of likely N-dealkylation sites (N-methyl/N-ethyl adjacent to an activating group) is 1. The second-order valence-corrected chi connectivity index (χ2v) is 9.17. The lowest BCUT2D eigenvalue weighted by atomic mass is 10.1. The van der Waals surface area contributed by atoms with Crippen LogP contribution in [-0.4, -0.2) is 69.6 Å². The number of rotatable bonds is 12. The van der Waals surface area contributed by atoms with Crippen LogP contribution in [0.2, 0.25) is 0 Å². The fourth-order valence-electron chi connectivity index (χ4n) is 3.40. The average Bonchev–Trinajstić information content (AvgIpc) is 3.31. The molecule has 0 saturated heterocycles. The highest BCUT2D eigenvalue weighted by molar-refractivity contribution is 5.85. The third-order valence-electron chi connectivity index (χ3n) is 5.43. The molecule has 0 bridgehead atoms. The number of aromatic nitrogens is 3. The van der Waals surface area contributed by atoms with Crippen molar-refractivity contribution < 1.29 is 23.9 Å². The van der Waals surface area contributed by atoms with Gasteiger partial charge in [-0.3, -0.25) is 14.0 Å². The van der Waals surface area contributed by atoms with Gasteiger partial charge in [-0.05, 0) is 31.5 Å². The van der Waals surface area contributed by atoms with Gasteiger partial charge in [-0.1, -0.05) is 36.4 Å². The topological polar surface area (TPSA) is 167 Å². The fraction of sp³-hybridized carbons (Fsp3) is 0.400. The summed E-state index contributed by atoms with van der Waals surface area (Å²) in [6.07, 6.45) is -0.686. The molecule has 12 heteroatoms. The molecule has 12 nitrogen and oxygen atoms in total. The van der Waals surface area contributed by atoms with E-state index in [1.165, 1.54) is 7.05 Å². The number of ketones is 1. The summed E-state index contributed by atoms with van der Waals surface area (Å²) < 4.78 is 13.0. The SMILES string of the molecule is CN(CC(=O)CN)C(=O)OCc1cccc2nnc([C@@H](COCc3ccccc3)NC(=O)C(C)(C)N)n12. The molecule has 2 heterocycles. The Labute approximate surface area is 214 Å². The summed E-state index contributed by atoms with van der Waals surface area (Å²) >= 11 is 0. The Morgan fingerprint density at radius 1 is 1.08 bits per heavy atom. The molecule has 0 aliphatic rings. The number of nitrogens with two attached hydrogens (primary N) is 2. The molecule has 2 aromatic heterocycles. The first kappa shape index (κ1) is 27.7. The smallest absolute Gasteiger partial charge is 0.410 e. The van der Waals surface area contributed by atoms with Crippen LogP contribution in [0.5, 0.6) is 0 Å². The van der Waals surface area contributed by atoms with E-state index in [1.807, 2.05) is 30.3 Å². The highest BCUT2D eigenvalue weighted by Crippen LogP contribution is 2.18. The Balaban J connectivity index is 1.83. The highest BCUT2D eigenvalue weighted by atomic mass is 16.6. The molecule has 0 radical (unpaired) electrons. The van der Waals surface area contributed by atoms with Crippen molar-refractivity contribution in [2.24, 2.45) is 11.5 Å². The summed E-state index contributed by atoms with van der Waals surface area (Å²) in [7, 11) is 1.45. The molecule has 5 N–H and O–H groups in total. The van der Waals surface area contributed by atoms with Crippen LogP contribution in [0.1, 0.15) is 37.0 Å². The van der Waals surface area contributed by atoms with Gasteiger partial charge in [0.1, 0.15) is 12.6 Å². The molecule has 3 rings (SSSR count). The summed E-state index contributed by atoms with van der Waals surface area (Å²) in [4.78, 5) is 37.8. The number of hydrogen-bond donors (Lipinski definition) is 3. The molecule has 0 saturated carbocycles. The summed E-state index contributed by atoms with van der Waals surface area (Å²) in [6, 6.07) is 14.2. The van der Waals surface area contributed by atoms with Crippen molar-refractivity contribution in [3.63, 3.8) is 0 Å². The van der Waals surface area contributed by atoms with Crippen molar-refractivity contribution in [2.75, 3.05) is 26.7 Å². The van der Waals surface area contributed by atoms with Crippen molar-refractivity contribution in [1.29, 1.82) is 0 Å². The Morgan fingerprint density at radius 2 is 1.81 bits per heavy atom.